The molecule has 0 saturated carbocycles. The van der Waals surface area contributed by atoms with Crippen LogP contribution in [0.1, 0.15) is 0 Å². The van der Waals surface area contributed by atoms with E-state index in [0.717, 1.165) is 88.4 Å². The Hall–Kier alpha value is -8.48. The molecule has 4 aromatic heterocycles. The zero-order valence-electron chi connectivity index (χ0n) is 33.5. The van der Waals surface area contributed by atoms with E-state index in [9.17, 15) is 0 Å². The smallest absolute Gasteiger partial charge is 0.235 e. The molecule has 0 aliphatic heterocycles. The molecular formula is C56H36N6. The molecule has 0 saturated heterocycles. The molecule has 290 valence electrons. The van der Waals surface area contributed by atoms with Gasteiger partial charge in [0.2, 0.25) is 11.9 Å². The third-order valence-corrected chi connectivity index (χ3v) is 11.9. The van der Waals surface area contributed by atoms with Gasteiger partial charge in [0.1, 0.15) is 0 Å². The Balaban J connectivity index is 0.961. The van der Waals surface area contributed by atoms with Crippen molar-refractivity contribution in [3.8, 4) is 67.8 Å². The molecule has 4 heterocycles. The number of hydrogen-bond acceptors (Lipinski definition) is 4. The van der Waals surface area contributed by atoms with Gasteiger partial charge in [0.25, 0.3) is 0 Å². The molecule has 0 atom stereocenters. The van der Waals surface area contributed by atoms with Crippen LogP contribution in [-0.2, 0) is 0 Å². The first-order valence-electron chi connectivity index (χ1n) is 20.8. The Labute approximate surface area is 357 Å². The van der Waals surface area contributed by atoms with Crippen LogP contribution in [0.4, 0.5) is 0 Å². The summed E-state index contributed by atoms with van der Waals surface area (Å²) in [4.78, 5) is 20.1. The summed E-state index contributed by atoms with van der Waals surface area (Å²) >= 11 is 0. The van der Waals surface area contributed by atoms with Crippen LogP contribution < -0.4 is 0 Å². The summed E-state index contributed by atoms with van der Waals surface area (Å²) in [6.45, 7) is 0. The van der Waals surface area contributed by atoms with E-state index >= 15 is 0 Å². The largest absolute Gasteiger partial charge is 0.278 e. The SMILES string of the molecule is c1ccc(-c2cccc(-c3ccnc(-n4c5ccccc5c5cc(-c6ccc7c8ccccc8n(-c8nccc(-c9cccc(-c%10ccccc%10)c9)n8)c7c6)ccc54)n3)c2)cc1. The van der Waals surface area contributed by atoms with Crippen LogP contribution in [0, 0.1) is 0 Å². The molecule has 0 unspecified atom stereocenters. The average Bonchev–Trinajstić information content (AvgIpc) is 3.87. The number of hydrogen-bond donors (Lipinski definition) is 0. The van der Waals surface area contributed by atoms with Crippen LogP contribution in [0.2, 0.25) is 0 Å². The van der Waals surface area contributed by atoms with Gasteiger partial charge in [-0.3, -0.25) is 9.13 Å². The summed E-state index contributed by atoms with van der Waals surface area (Å²) in [5.41, 5.74) is 14.9. The lowest BCUT2D eigenvalue weighted by Crippen LogP contribution is -2.02. The van der Waals surface area contributed by atoms with E-state index in [1.54, 1.807) is 0 Å². The van der Waals surface area contributed by atoms with Gasteiger partial charge in [-0.05, 0) is 88.0 Å². The van der Waals surface area contributed by atoms with Gasteiger partial charge in [0.05, 0.1) is 33.5 Å². The normalized spacial score (nSPS) is 11.5. The molecular weight excluding hydrogens is 757 g/mol. The van der Waals surface area contributed by atoms with E-state index in [2.05, 4.69) is 191 Å². The van der Waals surface area contributed by atoms with Gasteiger partial charge in [0.15, 0.2) is 0 Å². The second-order valence-electron chi connectivity index (χ2n) is 15.5. The quantitative estimate of drug-likeness (QED) is 0.161. The number of para-hydroxylation sites is 2. The predicted molar refractivity (Wildman–Crippen MR) is 253 cm³/mol. The van der Waals surface area contributed by atoms with Crippen molar-refractivity contribution in [2.45, 2.75) is 0 Å². The minimum absolute atomic E-state index is 0.628. The lowest BCUT2D eigenvalue weighted by atomic mass is 10.0. The molecule has 12 rings (SSSR count). The maximum absolute atomic E-state index is 5.21. The van der Waals surface area contributed by atoms with Gasteiger partial charge in [-0.2, -0.15) is 0 Å². The number of fused-ring (bicyclic) bond motifs is 6. The number of nitrogens with zero attached hydrogens (tertiary/aromatic N) is 6. The zero-order chi connectivity index (χ0) is 41.0. The predicted octanol–water partition coefficient (Wildman–Crippen LogP) is 13.8. The van der Waals surface area contributed by atoms with Crippen molar-refractivity contribution < 1.29 is 0 Å². The van der Waals surface area contributed by atoms with E-state index in [-0.39, 0.29) is 0 Å². The van der Waals surface area contributed by atoms with Crippen molar-refractivity contribution >= 4 is 43.6 Å². The molecule has 0 aliphatic carbocycles. The molecule has 0 amide bonds. The van der Waals surface area contributed by atoms with Crippen LogP contribution in [0.3, 0.4) is 0 Å². The number of rotatable bonds is 7. The van der Waals surface area contributed by atoms with Crippen molar-refractivity contribution in [3.05, 3.63) is 219 Å². The molecule has 6 heteroatoms. The number of benzene rings is 8. The molecule has 0 aliphatic rings. The highest BCUT2D eigenvalue weighted by Crippen LogP contribution is 2.38. The maximum atomic E-state index is 5.21. The van der Waals surface area contributed by atoms with Crippen LogP contribution in [0.5, 0.6) is 0 Å². The molecule has 8 aromatic carbocycles. The zero-order valence-corrected chi connectivity index (χ0v) is 33.5. The first-order valence-corrected chi connectivity index (χ1v) is 20.8. The molecule has 0 bridgehead atoms. The van der Waals surface area contributed by atoms with Crippen molar-refractivity contribution in [2.75, 3.05) is 0 Å². The van der Waals surface area contributed by atoms with Crippen LogP contribution in [-0.4, -0.2) is 29.1 Å². The van der Waals surface area contributed by atoms with E-state index in [1.807, 2.05) is 36.7 Å². The molecule has 0 fully saturated rings. The lowest BCUT2D eigenvalue weighted by molar-refractivity contribution is 0.992. The van der Waals surface area contributed by atoms with Crippen LogP contribution in [0.15, 0.2) is 219 Å². The van der Waals surface area contributed by atoms with Crippen LogP contribution in [0.25, 0.3) is 111 Å². The lowest BCUT2D eigenvalue weighted by Gasteiger charge is -2.10. The summed E-state index contributed by atoms with van der Waals surface area (Å²) in [5, 5.41) is 4.57. The highest BCUT2D eigenvalue weighted by molar-refractivity contribution is 6.12. The van der Waals surface area contributed by atoms with Gasteiger partial charge in [-0.15, -0.1) is 0 Å². The first-order chi connectivity index (χ1) is 30.7. The fourth-order valence-electron chi connectivity index (χ4n) is 8.94. The molecule has 0 N–H and O–H groups in total. The van der Waals surface area contributed by atoms with Crippen molar-refractivity contribution in [3.63, 3.8) is 0 Å². The highest BCUT2D eigenvalue weighted by atomic mass is 15.2. The third-order valence-electron chi connectivity index (χ3n) is 11.9. The van der Waals surface area contributed by atoms with Crippen molar-refractivity contribution in [1.82, 2.24) is 29.1 Å². The Kier molecular flexibility index (Phi) is 8.38. The Bertz CT molecular complexity index is 3640. The average molecular weight is 793 g/mol. The topological polar surface area (TPSA) is 61.4 Å². The summed E-state index contributed by atoms with van der Waals surface area (Å²) in [6, 6.07) is 72.4. The summed E-state index contributed by atoms with van der Waals surface area (Å²) in [7, 11) is 0. The van der Waals surface area contributed by atoms with Gasteiger partial charge in [-0.1, -0.05) is 152 Å². The van der Waals surface area contributed by atoms with E-state index < -0.39 is 0 Å². The fourth-order valence-corrected chi connectivity index (χ4v) is 8.94. The molecule has 62 heavy (non-hydrogen) atoms. The maximum Gasteiger partial charge on any atom is 0.235 e. The summed E-state index contributed by atoms with van der Waals surface area (Å²) < 4.78 is 4.38. The first kappa shape index (κ1) is 35.5. The van der Waals surface area contributed by atoms with Gasteiger partial charge in [-0.25, -0.2) is 19.9 Å². The van der Waals surface area contributed by atoms with Crippen molar-refractivity contribution in [2.24, 2.45) is 0 Å². The molecule has 6 nitrogen and oxygen atoms in total. The minimum Gasteiger partial charge on any atom is -0.278 e. The van der Waals surface area contributed by atoms with E-state index in [1.165, 1.54) is 11.1 Å². The summed E-state index contributed by atoms with van der Waals surface area (Å²) in [6.07, 6.45) is 3.72. The molecule has 0 spiro atoms. The van der Waals surface area contributed by atoms with E-state index in [4.69, 9.17) is 19.9 Å². The Morgan fingerprint density at radius 2 is 0.677 bits per heavy atom. The summed E-state index contributed by atoms with van der Waals surface area (Å²) in [5.74, 6) is 1.26. The third kappa shape index (κ3) is 6.04. The monoisotopic (exact) mass is 792 g/mol. The second kappa shape index (κ2) is 14.7. The molecule has 12 aromatic rings. The molecule has 0 radical (unpaired) electrons. The fraction of sp³-hybridized carbons (Fsp3) is 0. The van der Waals surface area contributed by atoms with Gasteiger partial charge >= 0.3 is 0 Å². The van der Waals surface area contributed by atoms with E-state index in [0.29, 0.717) is 11.9 Å². The Morgan fingerprint density at radius 1 is 0.258 bits per heavy atom. The highest BCUT2D eigenvalue weighted by Gasteiger charge is 2.19. The standard InChI is InChI=1S/C56H36N6/c1-3-13-37(14-4-1)39-17-11-19-43(33-39)49-29-31-57-55(59-49)61-52-24-10-8-22-46(52)48-35-41(26-28-53(48)61)42-25-27-47-45-21-7-9-23-51(45)62(54(47)36-42)56-58-32-30-50(60-56)44-20-12-18-40(34-44)38-15-5-2-6-16-38/h1-36H. The van der Waals surface area contributed by atoms with Gasteiger partial charge < -0.3 is 0 Å². The minimum atomic E-state index is 0.628. The Morgan fingerprint density at radius 3 is 1.27 bits per heavy atom. The number of aromatic nitrogens is 6. The second-order valence-corrected chi connectivity index (χ2v) is 15.5. The van der Waals surface area contributed by atoms with Gasteiger partial charge in [0, 0.05) is 45.1 Å². The van der Waals surface area contributed by atoms with Crippen LogP contribution >= 0.6 is 0 Å². The van der Waals surface area contributed by atoms with Crippen molar-refractivity contribution in [1.29, 1.82) is 0 Å².